The molecule has 4 rings (SSSR count). The third-order valence-corrected chi connectivity index (χ3v) is 5.86. The largest absolute Gasteiger partial charge is 0.346 e. The maximum Gasteiger partial charge on any atom is 0.137 e. The lowest BCUT2D eigenvalue weighted by Crippen LogP contribution is -2.34. The zero-order valence-corrected chi connectivity index (χ0v) is 15.4. The molecule has 3 heterocycles. The van der Waals surface area contributed by atoms with Crippen LogP contribution in [0.2, 0.25) is 0 Å². The Bertz CT molecular complexity index is 854. The second-order valence-corrected chi connectivity index (χ2v) is 7.35. The van der Waals surface area contributed by atoms with Gasteiger partial charge in [0, 0.05) is 48.2 Å². The van der Waals surface area contributed by atoms with Crippen LogP contribution in [0.25, 0.3) is 22.2 Å². The highest BCUT2D eigenvalue weighted by Gasteiger charge is 2.25. The molecular formula is C20H27N5. The molecule has 1 aliphatic carbocycles. The Balaban J connectivity index is 1.59. The fraction of sp³-hybridized carbons (Fsp3) is 0.500. The topological polar surface area (TPSA) is 49.7 Å². The van der Waals surface area contributed by atoms with Crippen LogP contribution in [0.1, 0.15) is 44.1 Å². The van der Waals surface area contributed by atoms with Crippen LogP contribution in [0.4, 0.5) is 0 Å². The average Bonchev–Trinajstić information content (AvgIpc) is 3.26. The third kappa shape index (κ3) is 3.09. The molecule has 0 spiro atoms. The number of nitrogens with one attached hydrogen (secondary N) is 1. The number of hydrogen-bond acceptors (Lipinski definition) is 3. The number of aromatic nitrogens is 4. The second kappa shape index (κ2) is 6.64. The molecule has 1 saturated carbocycles. The molecule has 132 valence electrons. The smallest absolute Gasteiger partial charge is 0.137 e. The van der Waals surface area contributed by atoms with Gasteiger partial charge in [0.1, 0.15) is 5.65 Å². The molecule has 0 unspecified atom stereocenters. The minimum atomic E-state index is 0.634. The van der Waals surface area contributed by atoms with Crippen LogP contribution in [-0.4, -0.2) is 44.3 Å². The molecule has 0 saturated heterocycles. The van der Waals surface area contributed by atoms with Gasteiger partial charge in [0.25, 0.3) is 0 Å². The van der Waals surface area contributed by atoms with Gasteiger partial charge in [-0.05, 0) is 56.8 Å². The van der Waals surface area contributed by atoms with Crippen LogP contribution in [0, 0.1) is 0 Å². The Morgan fingerprint density at radius 1 is 1.24 bits per heavy atom. The summed E-state index contributed by atoms with van der Waals surface area (Å²) in [4.78, 5) is 10.5. The van der Waals surface area contributed by atoms with E-state index in [1.807, 2.05) is 24.1 Å². The van der Waals surface area contributed by atoms with Crippen molar-refractivity contribution in [3.63, 3.8) is 0 Å². The van der Waals surface area contributed by atoms with E-state index in [1.54, 1.807) is 0 Å². The molecule has 0 aliphatic heterocycles. The van der Waals surface area contributed by atoms with Gasteiger partial charge in [0.2, 0.25) is 0 Å². The number of pyridine rings is 1. The first-order chi connectivity index (χ1) is 12.2. The number of H-pyrrole nitrogens is 1. The summed E-state index contributed by atoms with van der Waals surface area (Å²) in [6, 6.07) is 3.09. The Labute approximate surface area is 149 Å². The molecule has 1 fully saturated rings. The van der Waals surface area contributed by atoms with Crippen LogP contribution in [0.3, 0.4) is 0 Å². The summed E-state index contributed by atoms with van der Waals surface area (Å²) in [5.74, 6) is 0.634. The summed E-state index contributed by atoms with van der Waals surface area (Å²) in [6.07, 6.45) is 13.2. The first-order valence-corrected chi connectivity index (χ1v) is 9.32. The van der Waals surface area contributed by atoms with Crippen molar-refractivity contribution in [1.29, 1.82) is 0 Å². The van der Waals surface area contributed by atoms with Crippen LogP contribution >= 0.6 is 0 Å². The number of nitrogens with zero attached hydrogens (tertiary/aromatic N) is 4. The van der Waals surface area contributed by atoms with Gasteiger partial charge >= 0.3 is 0 Å². The fourth-order valence-corrected chi connectivity index (χ4v) is 4.15. The lowest BCUT2D eigenvalue weighted by Gasteiger charge is -2.34. The fourth-order valence-electron chi connectivity index (χ4n) is 4.15. The summed E-state index contributed by atoms with van der Waals surface area (Å²) < 4.78 is 1.84. The van der Waals surface area contributed by atoms with Crippen molar-refractivity contribution in [2.24, 2.45) is 7.05 Å². The summed E-state index contributed by atoms with van der Waals surface area (Å²) in [6.45, 7) is 3.39. The monoisotopic (exact) mass is 337 g/mol. The van der Waals surface area contributed by atoms with E-state index in [4.69, 9.17) is 0 Å². The standard InChI is InChI=1S/C20H27N5/c1-4-24(2)17-7-5-14(6-8-17)15-9-18-19(12-22-20(18)21-10-15)16-11-23-25(3)13-16/h9-14,17H,4-8H2,1-3H3,(H,21,22). The SMILES string of the molecule is CCN(C)C1CCC(c2cnc3[nH]cc(-c4cnn(C)c4)c3c2)CC1. The Hall–Kier alpha value is -2.14. The van der Waals surface area contributed by atoms with E-state index in [9.17, 15) is 0 Å². The molecular weight excluding hydrogens is 310 g/mol. The third-order valence-electron chi connectivity index (χ3n) is 5.86. The van der Waals surface area contributed by atoms with Gasteiger partial charge in [-0.15, -0.1) is 0 Å². The van der Waals surface area contributed by atoms with Gasteiger partial charge in [-0.2, -0.15) is 5.10 Å². The highest BCUT2D eigenvalue weighted by atomic mass is 15.2. The number of aryl methyl sites for hydroxylation is 1. The van der Waals surface area contributed by atoms with E-state index in [0.29, 0.717) is 5.92 Å². The number of hydrogen-bond donors (Lipinski definition) is 1. The van der Waals surface area contributed by atoms with Crippen LogP contribution in [0.15, 0.2) is 30.9 Å². The predicted molar refractivity (Wildman–Crippen MR) is 102 cm³/mol. The van der Waals surface area contributed by atoms with E-state index in [-0.39, 0.29) is 0 Å². The molecule has 0 atom stereocenters. The second-order valence-electron chi connectivity index (χ2n) is 7.35. The zero-order valence-electron chi connectivity index (χ0n) is 15.4. The summed E-state index contributed by atoms with van der Waals surface area (Å²) in [5.41, 5.74) is 4.68. The number of aromatic amines is 1. The van der Waals surface area contributed by atoms with E-state index in [2.05, 4.69) is 52.4 Å². The molecule has 5 heteroatoms. The lowest BCUT2D eigenvalue weighted by molar-refractivity contribution is 0.190. The molecule has 1 N–H and O–H groups in total. The van der Waals surface area contributed by atoms with Gasteiger partial charge in [0.05, 0.1) is 6.20 Å². The Kier molecular flexibility index (Phi) is 4.34. The number of rotatable bonds is 4. The number of fused-ring (bicyclic) bond motifs is 1. The van der Waals surface area contributed by atoms with E-state index in [1.165, 1.54) is 42.2 Å². The van der Waals surface area contributed by atoms with Crippen molar-refractivity contribution in [3.05, 3.63) is 36.4 Å². The van der Waals surface area contributed by atoms with Gasteiger partial charge in [-0.25, -0.2) is 4.98 Å². The summed E-state index contributed by atoms with van der Waals surface area (Å²) in [5, 5.41) is 5.51. The Morgan fingerprint density at radius 2 is 2.04 bits per heavy atom. The van der Waals surface area contributed by atoms with E-state index < -0.39 is 0 Å². The van der Waals surface area contributed by atoms with Crippen molar-refractivity contribution in [2.75, 3.05) is 13.6 Å². The highest BCUT2D eigenvalue weighted by molar-refractivity contribution is 5.93. The first kappa shape index (κ1) is 16.3. The Morgan fingerprint density at radius 3 is 2.72 bits per heavy atom. The van der Waals surface area contributed by atoms with E-state index >= 15 is 0 Å². The lowest BCUT2D eigenvalue weighted by atomic mass is 9.81. The van der Waals surface area contributed by atoms with Gasteiger partial charge < -0.3 is 9.88 Å². The molecule has 3 aromatic rings. The maximum absolute atomic E-state index is 4.69. The summed E-state index contributed by atoms with van der Waals surface area (Å²) >= 11 is 0. The van der Waals surface area contributed by atoms with Gasteiger partial charge in [-0.1, -0.05) is 6.92 Å². The van der Waals surface area contributed by atoms with Crippen molar-refractivity contribution < 1.29 is 0 Å². The maximum atomic E-state index is 4.69. The molecule has 3 aromatic heterocycles. The molecule has 0 radical (unpaired) electrons. The normalized spacial score (nSPS) is 21.3. The molecule has 5 nitrogen and oxygen atoms in total. The van der Waals surface area contributed by atoms with Gasteiger partial charge in [0.15, 0.2) is 0 Å². The predicted octanol–water partition coefficient (Wildman–Crippen LogP) is 3.94. The van der Waals surface area contributed by atoms with Crippen molar-refractivity contribution in [3.8, 4) is 11.1 Å². The van der Waals surface area contributed by atoms with Crippen molar-refractivity contribution in [1.82, 2.24) is 24.6 Å². The van der Waals surface area contributed by atoms with E-state index in [0.717, 1.165) is 23.8 Å². The quantitative estimate of drug-likeness (QED) is 0.784. The van der Waals surface area contributed by atoms with Gasteiger partial charge in [-0.3, -0.25) is 4.68 Å². The minimum Gasteiger partial charge on any atom is -0.346 e. The molecule has 0 bridgehead atoms. The molecule has 1 aliphatic rings. The van der Waals surface area contributed by atoms with Crippen LogP contribution in [0.5, 0.6) is 0 Å². The first-order valence-electron chi connectivity index (χ1n) is 9.32. The van der Waals surface area contributed by atoms with Crippen LogP contribution < -0.4 is 0 Å². The zero-order chi connectivity index (χ0) is 17.4. The molecule has 0 aromatic carbocycles. The van der Waals surface area contributed by atoms with Crippen molar-refractivity contribution in [2.45, 2.75) is 44.6 Å². The minimum absolute atomic E-state index is 0.634. The molecule has 25 heavy (non-hydrogen) atoms. The van der Waals surface area contributed by atoms with Crippen molar-refractivity contribution >= 4 is 11.0 Å². The van der Waals surface area contributed by atoms with Crippen LogP contribution in [-0.2, 0) is 7.05 Å². The average molecular weight is 337 g/mol. The highest BCUT2D eigenvalue weighted by Crippen LogP contribution is 2.36. The summed E-state index contributed by atoms with van der Waals surface area (Å²) in [7, 11) is 4.20. The molecule has 0 amide bonds.